The zero-order chi connectivity index (χ0) is 12.7. The molecule has 0 amide bonds. The van der Waals surface area contributed by atoms with Crippen molar-refractivity contribution >= 4 is 0 Å². The van der Waals surface area contributed by atoms with E-state index in [1.165, 1.54) is 11.1 Å². The van der Waals surface area contributed by atoms with Crippen LogP contribution in [0.4, 0.5) is 0 Å². The van der Waals surface area contributed by atoms with Crippen LogP contribution in [0.5, 0.6) is 5.75 Å². The molecule has 1 aromatic carbocycles. The maximum absolute atomic E-state index is 5.35. The van der Waals surface area contributed by atoms with Gasteiger partial charge in [0.15, 0.2) is 0 Å². The molecular weight excluding hydrogens is 214 g/mol. The Balaban J connectivity index is 2.94. The number of ether oxygens (including phenoxy) is 1. The van der Waals surface area contributed by atoms with E-state index in [4.69, 9.17) is 10.6 Å². The molecule has 0 radical (unpaired) electrons. The Morgan fingerprint density at radius 2 is 1.94 bits per heavy atom. The van der Waals surface area contributed by atoms with Crippen LogP contribution in [0.1, 0.15) is 43.7 Å². The zero-order valence-electron chi connectivity index (χ0n) is 11.0. The minimum Gasteiger partial charge on any atom is -0.496 e. The standard InChI is InChI=1S/C14H23NO2/c1-4-11(5-2)12-6-7-14(16-3)13(10-12)8-9-17-15/h6-7,10-11H,4-5,8-9,15H2,1-3H3. The summed E-state index contributed by atoms with van der Waals surface area (Å²) in [5.74, 6) is 6.61. The molecule has 1 aromatic rings. The fraction of sp³-hybridized carbons (Fsp3) is 0.571. The molecule has 0 aliphatic rings. The van der Waals surface area contributed by atoms with Crippen LogP contribution in [0.25, 0.3) is 0 Å². The van der Waals surface area contributed by atoms with Gasteiger partial charge in [-0.15, -0.1) is 0 Å². The second-order valence-electron chi connectivity index (χ2n) is 4.21. The molecule has 0 heterocycles. The monoisotopic (exact) mass is 237 g/mol. The summed E-state index contributed by atoms with van der Waals surface area (Å²) < 4.78 is 5.35. The van der Waals surface area contributed by atoms with Gasteiger partial charge in [-0.2, -0.15) is 0 Å². The quantitative estimate of drug-likeness (QED) is 0.741. The Morgan fingerprint density at radius 3 is 2.47 bits per heavy atom. The third kappa shape index (κ3) is 3.72. The van der Waals surface area contributed by atoms with E-state index in [0.717, 1.165) is 25.0 Å². The molecule has 0 spiro atoms. The van der Waals surface area contributed by atoms with Crippen molar-refractivity contribution in [3.8, 4) is 5.75 Å². The van der Waals surface area contributed by atoms with E-state index in [-0.39, 0.29) is 0 Å². The fourth-order valence-electron chi connectivity index (χ4n) is 2.18. The van der Waals surface area contributed by atoms with Gasteiger partial charge in [-0.1, -0.05) is 26.0 Å². The van der Waals surface area contributed by atoms with Crippen molar-refractivity contribution in [3.05, 3.63) is 29.3 Å². The SMILES string of the molecule is CCC(CC)c1ccc(OC)c(CCON)c1. The van der Waals surface area contributed by atoms with Gasteiger partial charge >= 0.3 is 0 Å². The number of methoxy groups -OCH3 is 1. The first-order chi connectivity index (χ1) is 8.26. The molecule has 96 valence electrons. The van der Waals surface area contributed by atoms with Crippen LogP contribution in [-0.2, 0) is 11.3 Å². The summed E-state index contributed by atoms with van der Waals surface area (Å²) in [6.07, 6.45) is 3.11. The van der Waals surface area contributed by atoms with Gasteiger partial charge in [0.2, 0.25) is 0 Å². The highest BCUT2D eigenvalue weighted by Crippen LogP contribution is 2.28. The van der Waals surface area contributed by atoms with Gasteiger partial charge in [-0.25, -0.2) is 5.90 Å². The molecular formula is C14H23NO2. The van der Waals surface area contributed by atoms with E-state index >= 15 is 0 Å². The lowest BCUT2D eigenvalue weighted by Gasteiger charge is -2.16. The molecule has 2 N–H and O–H groups in total. The number of hydrogen-bond donors (Lipinski definition) is 1. The molecule has 17 heavy (non-hydrogen) atoms. The summed E-state index contributed by atoms with van der Waals surface area (Å²) in [5.41, 5.74) is 2.55. The molecule has 0 atom stereocenters. The minimum absolute atomic E-state index is 0.517. The Bertz CT molecular complexity index is 335. The third-order valence-electron chi connectivity index (χ3n) is 3.25. The Kier molecular flexibility index (Phi) is 6.01. The summed E-state index contributed by atoms with van der Waals surface area (Å²) in [6, 6.07) is 6.42. The van der Waals surface area contributed by atoms with Crippen LogP contribution in [0, 0.1) is 0 Å². The lowest BCUT2D eigenvalue weighted by molar-refractivity contribution is 0.140. The minimum atomic E-state index is 0.517. The van der Waals surface area contributed by atoms with Crippen molar-refractivity contribution in [3.63, 3.8) is 0 Å². The van der Waals surface area contributed by atoms with Gasteiger partial charge in [0.1, 0.15) is 5.75 Å². The van der Waals surface area contributed by atoms with Gasteiger partial charge in [-0.3, -0.25) is 0 Å². The second kappa shape index (κ2) is 7.30. The first-order valence-corrected chi connectivity index (χ1v) is 6.25. The second-order valence-corrected chi connectivity index (χ2v) is 4.21. The largest absolute Gasteiger partial charge is 0.496 e. The first-order valence-electron chi connectivity index (χ1n) is 6.25. The van der Waals surface area contributed by atoms with Crippen molar-refractivity contribution in [1.82, 2.24) is 0 Å². The van der Waals surface area contributed by atoms with Crippen molar-refractivity contribution in [1.29, 1.82) is 0 Å². The normalized spacial score (nSPS) is 10.9. The van der Waals surface area contributed by atoms with Crippen LogP contribution in [-0.4, -0.2) is 13.7 Å². The van der Waals surface area contributed by atoms with Crippen LogP contribution in [0.3, 0.4) is 0 Å². The van der Waals surface area contributed by atoms with Gasteiger partial charge in [0, 0.05) is 6.42 Å². The zero-order valence-corrected chi connectivity index (χ0v) is 11.0. The first kappa shape index (κ1) is 14.0. The van der Waals surface area contributed by atoms with E-state index in [1.54, 1.807) is 7.11 Å². The molecule has 0 aromatic heterocycles. The highest BCUT2D eigenvalue weighted by Gasteiger charge is 2.10. The lowest BCUT2D eigenvalue weighted by Crippen LogP contribution is -2.06. The van der Waals surface area contributed by atoms with E-state index < -0.39 is 0 Å². The fourth-order valence-corrected chi connectivity index (χ4v) is 2.18. The maximum atomic E-state index is 5.35. The lowest BCUT2D eigenvalue weighted by atomic mass is 9.92. The molecule has 0 unspecified atom stereocenters. The molecule has 0 saturated carbocycles. The number of hydrogen-bond acceptors (Lipinski definition) is 3. The van der Waals surface area contributed by atoms with Gasteiger partial charge < -0.3 is 9.57 Å². The van der Waals surface area contributed by atoms with Crippen LogP contribution in [0.2, 0.25) is 0 Å². The summed E-state index contributed by atoms with van der Waals surface area (Å²) in [7, 11) is 1.69. The molecule has 3 nitrogen and oxygen atoms in total. The molecule has 0 aliphatic carbocycles. The summed E-state index contributed by atoms with van der Waals surface area (Å²) >= 11 is 0. The van der Waals surface area contributed by atoms with Gasteiger partial charge in [-0.05, 0) is 36.0 Å². The van der Waals surface area contributed by atoms with E-state index in [9.17, 15) is 0 Å². The maximum Gasteiger partial charge on any atom is 0.122 e. The topological polar surface area (TPSA) is 44.5 Å². The number of nitrogens with two attached hydrogens (primary N) is 1. The van der Waals surface area contributed by atoms with Crippen LogP contribution in [0.15, 0.2) is 18.2 Å². The van der Waals surface area contributed by atoms with E-state index in [2.05, 4.69) is 30.8 Å². The van der Waals surface area contributed by atoms with Crippen molar-refractivity contribution in [2.75, 3.05) is 13.7 Å². The van der Waals surface area contributed by atoms with Crippen molar-refractivity contribution in [2.24, 2.45) is 5.90 Å². The van der Waals surface area contributed by atoms with E-state index in [1.807, 2.05) is 6.07 Å². The Morgan fingerprint density at radius 1 is 1.24 bits per heavy atom. The van der Waals surface area contributed by atoms with Crippen molar-refractivity contribution in [2.45, 2.75) is 39.0 Å². The third-order valence-corrected chi connectivity index (χ3v) is 3.25. The molecule has 0 aliphatic heterocycles. The van der Waals surface area contributed by atoms with Crippen molar-refractivity contribution < 1.29 is 9.57 Å². The van der Waals surface area contributed by atoms with Gasteiger partial charge in [0.25, 0.3) is 0 Å². The Labute approximate surface area is 104 Å². The summed E-state index contributed by atoms with van der Waals surface area (Å²) in [6.45, 7) is 4.96. The molecule has 3 heteroatoms. The molecule has 0 fully saturated rings. The average Bonchev–Trinajstić information content (AvgIpc) is 2.38. The predicted molar refractivity (Wildman–Crippen MR) is 70.2 cm³/mol. The highest BCUT2D eigenvalue weighted by atomic mass is 16.6. The number of benzene rings is 1. The summed E-state index contributed by atoms with van der Waals surface area (Å²) in [4.78, 5) is 4.64. The predicted octanol–water partition coefficient (Wildman–Crippen LogP) is 3.03. The smallest absolute Gasteiger partial charge is 0.122 e. The van der Waals surface area contributed by atoms with Crippen LogP contribution >= 0.6 is 0 Å². The van der Waals surface area contributed by atoms with Gasteiger partial charge in [0.05, 0.1) is 13.7 Å². The Hall–Kier alpha value is -1.06. The summed E-state index contributed by atoms with van der Waals surface area (Å²) in [5, 5.41) is 0. The number of rotatable bonds is 7. The van der Waals surface area contributed by atoms with E-state index in [0.29, 0.717) is 12.5 Å². The van der Waals surface area contributed by atoms with Crippen LogP contribution < -0.4 is 10.6 Å². The molecule has 1 rings (SSSR count). The highest BCUT2D eigenvalue weighted by molar-refractivity contribution is 5.38. The molecule has 0 saturated heterocycles. The molecule has 0 bridgehead atoms. The average molecular weight is 237 g/mol.